The predicted molar refractivity (Wildman–Crippen MR) is 136 cm³/mol. The number of carboxylic acids is 4. The van der Waals surface area contributed by atoms with Gasteiger partial charge in [0.15, 0.2) is 0 Å². The first-order valence-electron chi connectivity index (χ1n) is 11.0. The van der Waals surface area contributed by atoms with Gasteiger partial charge in [-0.1, -0.05) is 37.3 Å². The summed E-state index contributed by atoms with van der Waals surface area (Å²) in [5.74, 6) is -7.94. The van der Waals surface area contributed by atoms with Crippen molar-refractivity contribution < 1.29 is 49.2 Å². The fraction of sp³-hybridized carbons (Fsp3) is 0.304. The number of rotatable bonds is 6. The van der Waals surface area contributed by atoms with Crippen LogP contribution in [0.15, 0.2) is 36.4 Å². The third-order valence-corrected chi connectivity index (χ3v) is 6.05. The van der Waals surface area contributed by atoms with E-state index in [4.69, 9.17) is 45.3 Å². The zero-order chi connectivity index (χ0) is 28.8. The largest absolute Gasteiger partial charge is 0.473 e. The predicted octanol–water partition coefficient (Wildman–Crippen LogP) is 0.401. The van der Waals surface area contributed by atoms with E-state index < -0.39 is 29.8 Å². The van der Waals surface area contributed by atoms with Gasteiger partial charge in [-0.15, -0.1) is 11.3 Å². The second kappa shape index (κ2) is 15.7. The number of thiophene rings is 1. The van der Waals surface area contributed by atoms with Gasteiger partial charge < -0.3 is 36.4 Å². The minimum Gasteiger partial charge on any atom is -0.473 e. The Labute approximate surface area is 220 Å². The Morgan fingerprint density at radius 1 is 0.842 bits per heavy atom. The minimum absolute atomic E-state index is 0.112. The summed E-state index contributed by atoms with van der Waals surface area (Å²) in [6, 6.07) is 11.5. The van der Waals surface area contributed by atoms with Gasteiger partial charge in [-0.2, -0.15) is 0 Å². The number of amides is 2. The van der Waals surface area contributed by atoms with Gasteiger partial charge in [-0.25, -0.2) is 19.2 Å². The maximum absolute atomic E-state index is 12.4. The van der Waals surface area contributed by atoms with Gasteiger partial charge in [-0.05, 0) is 18.2 Å². The highest BCUT2D eigenvalue weighted by Gasteiger charge is 2.20. The quantitative estimate of drug-likeness (QED) is 0.268. The van der Waals surface area contributed by atoms with Crippen molar-refractivity contribution in [1.29, 1.82) is 0 Å². The number of carbonyl (C=O) groups excluding carboxylic acids is 2. The topological polar surface area (TPSA) is 228 Å². The Bertz CT molecular complexity index is 1100. The van der Waals surface area contributed by atoms with Crippen molar-refractivity contribution in [1.82, 2.24) is 9.80 Å². The van der Waals surface area contributed by atoms with E-state index in [1.165, 1.54) is 11.3 Å². The average Bonchev–Trinajstić information content (AvgIpc) is 3.29. The van der Waals surface area contributed by atoms with Crippen LogP contribution < -0.4 is 11.1 Å². The molecule has 0 aliphatic carbocycles. The SMILES string of the molecule is CCN1CCN(CC(=O)Nc2sc(-c3ccccc3)cc2C(N)=O)CC1.O=C(O)C(=O)O.O=C(O)C(=O)O. The van der Waals surface area contributed by atoms with Crippen molar-refractivity contribution in [2.24, 2.45) is 5.73 Å². The molecule has 14 nitrogen and oxygen atoms in total. The summed E-state index contributed by atoms with van der Waals surface area (Å²) in [5, 5.41) is 33.0. The van der Waals surface area contributed by atoms with Gasteiger partial charge in [0.2, 0.25) is 5.91 Å². The molecule has 0 unspecified atom stereocenters. The van der Waals surface area contributed by atoms with Crippen LogP contribution in [0.4, 0.5) is 5.00 Å². The van der Waals surface area contributed by atoms with E-state index in [1.54, 1.807) is 6.07 Å². The molecule has 0 radical (unpaired) electrons. The van der Waals surface area contributed by atoms with Crippen LogP contribution in [0.25, 0.3) is 10.4 Å². The van der Waals surface area contributed by atoms with E-state index in [9.17, 15) is 9.59 Å². The molecule has 2 heterocycles. The zero-order valence-corrected chi connectivity index (χ0v) is 21.1. The number of primary amides is 1. The van der Waals surface area contributed by atoms with E-state index in [1.807, 2.05) is 30.3 Å². The highest BCUT2D eigenvalue weighted by Crippen LogP contribution is 2.35. The Morgan fingerprint density at radius 3 is 1.74 bits per heavy atom. The number of nitrogens with one attached hydrogen (secondary N) is 1. The number of nitrogens with zero attached hydrogens (tertiary/aromatic N) is 2. The normalized spacial score (nSPS) is 13.1. The van der Waals surface area contributed by atoms with Crippen molar-refractivity contribution in [3.63, 3.8) is 0 Å². The molecule has 0 bridgehead atoms. The second-order valence-electron chi connectivity index (χ2n) is 7.56. The molecule has 1 aliphatic rings. The van der Waals surface area contributed by atoms with Gasteiger partial charge in [0.25, 0.3) is 5.91 Å². The lowest BCUT2D eigenvalue weighted by Crippen LogP contribution is -2.48. The molecule has 2 aromatic rings. The van der Waals surface area contributed by atoms with E-state index in [2.05, 4.69) is 22.0 Å². The molecule has 0 saturated carbocycles. The van der Waals surface area contributed by atoms with E-state index in [-0.39, 0.29) is 5.91 Å². The maximum Gasteiger partial charge on any atom is 0.414 e. The standard InChI is InChI=1S/C19H24N4O2S.2C2H2O4/c1-2-22-8-10-23(11-9-22)13-17(24)21-19-15(18(20)25)12-16(26-19)14-6-4-3-5-7-14;2*3-1(4)2(5)6/h3-7,12H,2,8-11,13H2,1H3,(H2,20,25)(H,21,24);2*(H,3,4)(H,5,6). The van der Waals surface area contributed by atoms with Crippen molar-refractivity contribution >= 4 is 52.0 Å². The number of likely N-dealkylation sites (N-methyl/N-ethyl adjacent to an activating group) is 1. The molecule has 206 valence electrons. The Hall–Kier alpha value is -4.34. The van der Waals surface area contributed by atoms with E-state index >= 15 is 0 Å². The number of aliphatic carboxylic acids is 4. The average molecular weight is 553 g/mol. The monoisotopic (exact) mass is 552 g/mol. The molecule has 7 N–H and O–H groups in total. The van der Waals surface area contributed by atoms with Crippen molar-refractivity contribution in [2.75, 3.05) is 44.6 Å². The van der Waals surface area contributed by atoms with Crippen LogP contribution in [-0.4, -0.2) is 105 Å². The molecule has 0 spiro atoms. The molecule has 1 saturated heterocycles. The van der Waals surface area contributed by atoms with Crippen LogP contribution in [0.1, 0.15) is 17.3 Å². The number of carboxylic acid groups (broad SMARTS) is 4. The van der Waals surface area contributed by atoms with E-state index in [0.29, 0.717) is 17.1 Å². The summed E-state index contributed by atoms with van der Waals surface area (Å²) < 4.78 is 0. The van der Waals surface area contributed by atoms with Gasteiger partial charge >= 0.3 is 23.9 Å². The Balaban J connectivity index is 0.000000503. The summed E-state index contributed by atoms with van der Waals surface area (Å²) in [5.41, 5.74) is 6.85. The lowest BCUT2D eigenvalue weighted by atomic mass is 10.1. The summed E-state index contributed by atoms with van der Waals surface area (Å²) in [6.45, 7) is 7.23. The molecule has 15 heteroatoms. The van der Waals surface area contributed by atoms with Crippen molar-refractivity contribution in [2.45, 2.75) is 6.92 Å². The van der Waals surface area contributed by atoms with E-state index in [0.717, 1.165) is 43.2 Å². The van der Waals surface area contributed by atoms with Gasteiger partial charge in [0.1, 0.15) is 5.00 Å². The molecule has 1 aliphatic heterocycles. The number of carbonyl (C=O) groups is 6. The fourth-order valence-corrected chi connectivity index (χ4v) is 4.13. The highest BCUT2D eigenvalue weighted by atomic mass is 32.1. The summed E-state index contributed by atoms with van der Waals surface area (Å²) in [7, 11) is 0. The first-order chi connectivity index (χ1) is 17.8. The first-order valence-corrected chi connectivity index (χ1v) is 11.8. The van der Waals surface area contributed by atoms with Crippen molar-refractivity contribution in [3.05, 3.63) is 42.0 Å². The zero-order valence-electron chi connectivity index (χ0n) is 20.3. The van der Waals surface area contributed by atoms with Crippen LogP contribution in [0.2, 0.25) is 0 Å². The minimum atomic E-state index is -1.82. The number of hydrogen-bond donors (Lipinski definition) is 6. The van der Waals surface area contributed by atoms with Crippen LogP contribution in [-0.2, 0) is 24.0 Å². The highest BCUT2D eigenvalue weighted by molar-refractivity contribution is 7.20. The Kier molecular flexibility index (Phi) is 13.1. The molecule has 0 atom stereocenters. The Morgan fingerprint density at radius 2 is 1.32 bits per heavy atom. The number of hydrogen-bond acceptors (Lipinski definition) is 9. The first kappa shape index (κ1) is 31.7. The lowest BCUT2D eigenvalue weighted by Gasteiger charge is -2.33. The molecule has 1 aromatic carbocycles. The second-order valence-corrected chi connectivity index (χ2v) is 8.62. The van der Waals surface area contributed by atoms with Gasteiger partial charge in [0, 0.05) is 31.1 Å². The third kappa shape index (κ3) is 11.2. The molecular weight excluding hydrogens is 524 g/mol. The molecule has 1 aromatic heterocycles. The smallest absolute Gasteiger partial charge is 0.414 e. The van der Waals surface area contributed by atoms with Crippen molar-refractivity contribution in [3.8, 4) is 10.4 Å². The lowest BCUT2D eigenvalue weighted by molar-refractivity contribution is -0.159. The number of benzene rings is 1. The fourth-order valence-electron chi connectivity index (χ4n) is 3.04. The van der Waals surface area contributed by atoms with Crippen LogP contribution in [0.3, 0.4) is 0 Å². The van der Waals surface area contributed by atoms with Crippen LogP contribution >= 0.6 is 11.3 Å². The summed E-state index contributed by atoms with van der Waals surface area (Å²) in [6.07, 6.45) is 0. The molecular formula is C23H28N4O10S. The van der Waals surface area contributed by atoms with Gasteiger partial charge in [0.05, 0.1) is 12.1 Å². The molecule has 38 heavy (non-hydrogen) atoms. The third-order valence-electron chi connectivity index (χ3n) is 4.95. The number of piperazine rings is 1. The van der Waals surface area contributed by atoms with Gasteiger partial charge in [-0.3, -0.25) is 14.5 Å². The maximum atomic E-state index is 12.4. The van der Waals surface area contributed by atoms with Crippen LogP contribution in [0.5, 0.6) is 0 Å². The molecule has 3 rings (SSSR count). The number of nitrogens with two attached hydrogens (primary N) is 1. The number of anilines is 1. The summed E-state index contributed by atoms with van der Waals surface area (Å²) >= 11 is 1.38. The molecule has 2 amide bonds. The van der Waals surface area contributed by atoms with Crippen LogP contribution in [0, 0.1) is 0 Å². The molecule has 1 fully saturated rings. The summed E-state index contributed by atoms with van der Waals surface area (Å²) in [4.78, 5) is 66.0.